The fourth-order valence-electron chi connectivity index (χ4n) is 1.57. The van der Waals surface area contributed by atoms with Crippen LogP contribution in [0, 0.1) is 17.5 Å². The molecular weight excluding hydrogens is 327 g/mol. The van der Waals surface area contributed by atoms with Crippen LogP contribution in [0.15, 0.2) is 41.3 Å². The first kappa shape index (κ1) is 15.8. The number of halogens is 4. The normalized spacial score (nSPS) is 11.6. The lowest BCUT2D eigenvalue weighted by molar-refractivity contribution is 0.504. The second-order valence-electron chi connectivity index (χ2n) is 4.14. The summed E-state index contributed by atoms with van der Waals surface area (Å²) in [4.78, 5) is -0.417. The molecule has 21 heavy (non-hydrogen) atoms. The third-order valence-electron chi connectivity index (χ3n) is 2.67. The van der Waals surface area contributed by atoms with E-state index < -0.39 is 32.4 Å². The first-order valence-electron chi connectivity index (χ1n) is 5.68. The Balaban J connectivity index is 2.19. The number of nitrogens with one attached hydrogen (secondary N) is 1. The summed E-state index contributed by atoms with van der Waals surface area (Å²) in [6.45, 7) is -0.208. The smallest absolute Gasteiger partial charge is 0.207 e. The highest BCUT2D eigenvalue weighted by Crippen LogP contribution is 2.18. The minimum atomic E-state index is -4.03. The van der Waals surface area contributed by atoms with Crippen molar-refractivity contribution in [3.8, 4) is 0 Å². The fourth-order valence-corrected chi connectivity index (χ4v) is 2.82. The maximum absolute atomic E-state index is 13.1. The molecule has 1 N–H and O–H groups in total. The second kappa shape index (κ2) is 6.05. The molecule has 3 nitrogen and oxygen atoms in total. The third-order valence-corrected chi connectivity index (χ3v) is 4.42. The molecule has 0 aliphatic carbocycles. The molecule has 0 radical (unpaired) electrons. The van der Waals surface area contributed by atoms with E-state index in [1.807, 2.05) is 0 Å². The molecule has 0 aliphatic heterocycles. The van der Waals surface area contributed by atoms with Gasteiger partial charge in [-0.2, -0.15) is 0 Å². The molecule has 0 aliphatic rings. The van der Waals surface area contributed by atoms with Crippen molar-refractivity contribution < 1.29 is 21.6 Å². The summed E-state index contributed by atoms with van der Waals surface area (Å²) >= 11 is 5.77. The number of rotatable bonds is 4. The lowest BCUT2D eigenvalue weighted by atomic mass is 10.2. The van der Waals surface area contributed by atoms with Gasteiger partial charge < -0.3 is 0 Å². The highest BCUT2D eigenvalue weighted by molar-refractivity contribution is 7.89. The lowest BCUT2D eigenvalue weighted by Crippen LogP contribution is -2.23. The average molecular weight is 336 g/mol. The van der Waals surface area contributed by atoms with Crippen LogP contribution in [0.3, 0.4) is 0 Å². The monoisotopic (exact) mass is 335 g/mol. The maximum Gasteiger partial charge on any atom is 0.240 e. The van der Waals surface area contributed by atoms with Crippen molar-refractivity contribution in [3.05, 3.63) is 64.4 Å². The Kier molecular flexibility index (Phi) is 4.55. The Morgan fingerprint density at radius 2 is 1.71 bits per heavy atom. The molecule has 0 amide bonds. The zero-order chi connectivity index (χ0) is 15.6. The van der Waals surface area contributed by atoms with Gasteiger partial charge in [0.2, 0.25) is 10.0 Å². The zero-order valence-corrected chi connectivity index (χ0v) is 12.0. The maximum atomic E-state index is 13.1. The molecule has 0 aromatic heterocycles. The van der Waals surface area contributed by atoms with Crippen LogP contribution in [0.5, 0.6) is 0 Å². The molecule has 8 heteroatoms. The first-order chi connectivity index (χ1) is 9.79. The molecule has 0 saturated heterocycles. The van der Waals surface area contributed by atoms with Crippen LogP contribution in [0.25, 0.3) is 0 Å². The van der Waals surface area contributed by atoms with Crippen LogP contribution >= 0.6 is 11.6 Å². The van der Waals surface area contributed by atoms with E-state index in [0.717, 1.165) is 24.3 Å². The van der Waals surface area contributed by atoms with Crippen molar-refractivity contribution in [3.63, 3.8) is 0 Å². The predicted octanol–water partition coefficient (Wildman–Crippen LogP) is 3.24. The van der Waals surface area contributed by atoms with Crippen LogP contribution in [-0.4, -0.2) is 8.42 Å². The van der Waals surface area contributed by atoms with Gasteiger partial charge in [0.15, 0.2) is 11.6 Å². The predicted molar refractivity (Wildman–Crippen MR) is 71.8 cm³/mol. The number of sulfonamides is 1. The van der Waals surface area contributed by atoms with Gasteiger partial charge in [-0.15, -0.1) is 0 Å². The van der Waals surface area contributed by atoms with E-state index in [4.69, 9.17) is 11.6 Å². The Morgan fingerprint density at radius 1 is 1.00 bits per heavy atom. The van der Waals surface area contributed by atoms with Gasteiger partial charge in [0, 0.05) is 11.6 Å². The van der Waals surface area contributed by atoms with Gasteiger partial charge in [0.05, 0.1) is 4.90 Å². The molecule has 2 aromatic carbocycles. The summed E-state index contributed by atoms with van der Waals surface area (Å²) in [6, 6.07) is 5.73. The van der Waals surface area contributed by atoms with Crippen molar-refractivity contribution >= 4 is 21.6 Å². The summed E-state index contributed by atoms with van der Waals surface area (Å²) in [6.07, 6.45) is 0. The molecule has 2 aromatic rings. The van der Waals surface area contributed by atoms with E-state index in [0.29, 0.717) is 11.6 Å². The Bertz CT molecular complexity index is 781. The number of hydrogen-bond donors (Lipinski definition) is 1. The highest BCUT2D eigenvalue weighted by atomic mass is 35.5. The van der Waals surface area contributed by atoms with Crippen LogP contribution in [-0.2, 0) is 16.6 Å². The van der Waals surface area contributed by atoms with Gasteiger partial charge in [0.25, 0.3) is 0 Å². The van der Waals surface area contributed by atoms with Crippen molar-refractivity contribution in [2.24, 2.45) is 0 Å². The largest absolute Gasteiger partial charge is 0.240 e. The van der Waals surface area contributed by atoms with Gasteiger partial charge >= 0.3 is 0 Å². The van der Waals surface area contributed by atoms with Gasteiger partial charge in [-0.3, -0.25) is 0 Å². The van der Waals surface area contributed by atoms with Crippen molar-refractivity contribution in [1.82, 2.24) is 4.72 Å². The highest BCUT2D eigenvalue weighted by Gasteiger charge is 2.16. The fraction of sp³-hybridized carbons (Fsp3) is 0.0769. The summed E-state index contributed by atoms with van der Waals surface area (Å²) in [5.74, 6) is -2.96. The van der Waals surface area contributed by atoms with Gasteiger partial charge in [0.1, 0.15) is 5.82 Å². The van der Waals surface area contributed by atoms with Crippen LogP contribution in [0.2, 0.25) is 5.02 Å². The Labute approximate surface area is 124 Å². The van der Waals surface area contributed by atoms with Crippen molar-refractivity contribution in [2.45, 2.75) is 11.4 Å². The molecule has 0 unspecified atom stereocenters. The van der Waals surface area contributed by atoms with Crippen molar-refractivity contribution in [1.29, 1.82) is 0 Å². The summed E-state index contributed by atoms with van der Waals surface area (Å²) in [5.41, 5.74) is 0.351. The summed E-state index contributed by atoms with van der Waals surface area (Å²) in [7, 11) is -4.03. The molecule has 112 valence electrons. The summed E-state index contributed by atoms with van der Waals surface area (Å²) < 4.78 is 64.7. The molecule has 0 bridgehead atoms. The Hall–Kier alpha value is -1.57. The SMILES string of the molecule is O=S(=O)(NCc1ccc(F)cc1Cl)c1ccc(F)c(F)c1. The minimum Gasteiger partial charge on any atom is -0.207 e. The Morgan fingerprint density at radius 3 is 2.33 bits per heavy atom. The molecular formula is C13H9ClF3NO2S. The van der Waals surface area contributed by atoms with E-state index in [2.05, 4.69) is 4.72 Å². The molecule has 0 fully saturated rings. The molecule has 0 heterocycles. The molecule has 0 saturated carbocycles. The molecule has 2 rings (SSSR count). The standard InChI is InChI=1S/C13H9ClF3NO2S/c14-11-5-9(15)2-1-8(11)7-18-21(19,20)10-3-4-12(16)13(17)6-10/h1-6,18H,7H2. The van der Waals surface area contributed by atoms with E-state index in [1.165, 1.54) is 6.07 Å². The topological polar surface area (TPSA) is 46.2 Å². The summed E-state index contributed by atoms with van der Waals surface area (Å²) in [5, 5.41) is 0.0583. The molecule has 0 spiro atoms. The molecule has 0 atom stereocenters. The third kappa shape index (κ3) is 3.75. The number of benzene rings is 2. The first-order valence-corrected chi connectivity index (χ1v) is 7.54. The van der Waals surface area contributed by atoms with E-state index in [1.54, 1.807) is 0 Å². The number of hydrogen-bond acceptors (Lipinski definition) is 2. The van der Waals surface area contributed by atoms with E-state index in [-0.39, 0.29) is 11.6 Å². The van der Waals surface area contributed by atoms with Crippen LogP contribution in [0.4, 0.5) is 13.2 Å². The second-order valence-corrected chi connectivity index (χ2v) is 6.31. The van der Waals surface area contributed by atoms with Crippen LogP contribution in [0.1, 0.15) is 5.56 Å². The van der Waals surface area contributed by atoms with Gasteiger partial charge in [-0.05, 0) is 35.9 Å². The van der Waals surface area contributed by atoms with Gasteiger partial charge in [-0.1, -0.05) is 17.7 Å². The van der Waals surface area contributed by atoms with E-state index in [9.17, 15) is 21.6 Å². The lowest BCUT2D eigenvalue weighted by Gasteiger charge is -2.08. The van der Waals surface area contributed by atoms with E-state index >= 15 is 0 Å². The van der Waals surface area contributed by atoms with Gasteiger partial charge in [-0.25, -0.2) is 26.3 Å². The zero-order valence-electron chi connectivity index (χ0n) is 10.4. The quantitative estimate of drug-likeness (QED) is 0.932. The minimum absolute atomic E-state index is 0.0583. The van der Waals surface area contributed by atoms with Crippen molar-refractivity contribution in [2.75, 3.05) is 0 Å². The van der Waals surface area contributed by atoms with Crippen LogP contribution < -0.4 is 4.72 Å². The average Bonchev–Trinajstić information content (AvgIpc) is 2.40.